The van der Waals surface area contributed by atoms with Crippen molar-refractivity contribution in [3.63, 3.8) is 0 Å². The van der Waals surface area contributed by atoms with Gasteiger partial charge < -0.3 is 9.80 Å². The maximum atomic E-state index is 8.91. The molecule has 0 saturated heterocycles. The zero-order valence-corrected chi connectivity index (χ0v) is 13.5. The number of hydrogen-bond donors (Lipinski definition) is 0. The van der Waals surface area contributed by atoms with Crippen molar-refractivity contribution in [1.29, 1.82) is 5.26 Å². The van der Waals surface area contributed by atoms with Gasteiger partial charge >= 0.3 is 0 Å². The Balaban J connectivity index is 0.00000156. The van der Waals surface area contributed by atoms with Crippen LogP contribution in [0.5, 0.6) is 0 Å². The first-order valence-corrected chi connectivity index (χ1v) is 7.54. The maximum absolute atomic E-state index is 8.91. The van der Waals surface area contributed by atoms with Crippen molar-refractivity contribution in [3.8, 4) is 6.07 Å². The highest BCUT2D eigenvalue weighted by Crippen LogP contribution is 2.38. The van der Waals surface area contributed by atoms with E-state index in [4.69, 9.17) is 10.3 Å². The Morgan fingerprint density at radius 1 is 1.04 bits per heavy atom. The summed E-state index contributed by atoms with van der Waals surface area (Å²) in [5.74, 6) is 1.05. The van der Waals surface area contributed by atoms with Crippen molar-refractivity contribution in [1.82, 2.24) is 0 Å². The number of halogens is 1. The quantitative estimate of drug-likeness (QED) is 0.848. The van der Waals surface area contributed by atoms with Crippen LogP contribution in [-0.4, -0.2) is 19.0 Å². The molecule has 2 aromatic rings. The highest BCUT2D eigenvalue weighted by Gasteiger charge is 2.33. The summed E-state index contributed by atoms with van der Waals surface area (Å²) in [6.07, 6.45) is 1.10. The molecule has 0 amide bonds. The fourth-order valence-electron chi connectivity index (χ4n) is 3.10. The number of nitriles is 1. The SMILES string of the molecule is Cl.N#Cc1ccc(CN2C3=NCCCN3c3ccccc32)cc1. The third kappa shape index (κ3) is 2.64. The molecule has 0 bridgehead atoms. The van der Waals surface area contributed by atoms with E-state index in [1.807, 2.05) is 24.3 Å². The molecule has 2 aliphatic heterocycles. The number of benzene rings is 2. The van der Waals surface area contributed by atoms with Crippen LogP contribution in [0.15, 0.2) is 53.5 Å². The van der Waals surface area contributed by atoms with Crippen molar-refractivity contribution in [2.24, 2.45) is 4.99 Å². The Bertz CT molecular complexity index is 776. The number of nitrogens with zero attached hydrogens (tertiary/aromatic N) is 4. The smallest absolute Gasteiger partial charge is 0.206 e. The molecule has 4 nitrogen and oxygen atoms in total. The zero-order chi connectivity index (χ0) is 14.9. The third-order valence-corrected chi connectivity index (χ3v) is 4.16. The fourth-order valence-corrected chi connectivity index (χ4v) is 3.10. The molecule has 4 rings (SSSR count). The third-order valence-electron chi connectivity index (χ3n) is 4.16. The van der Waals surface area contributed by atoms with E-state index in [2.05, 4.69) is 40.1 Å². The van der Waals surface area contributed by atoms with Gasteiger partial charge in [-0.1, -0.05) is 24.3 Å². The van der Waals surface area contributed by atoms with Crippen LogP contribution >= 0.6 is 12.4 Å². The van der Waals surface area contributed by atoms with Gasteiger partial charge in [-0.05, 0) is 36.2 Å². The molecular formula is C18H17ClN4. The second-order valence-electron chi connectivity index (χ2n) is 5.57. The van der Waals surface area contributed by atoms with Crippen LogP contribution in [-0.2, 0) is 6.54 Å². The molecule has 0 N–H and O–H groups in total. The number of guanidine groups is 1. The molecule has 0 saturated carbocycles. The first-order chi connectivity index (χ1) is 10.9. The summed E-state index contributed by atoms with van der Waals surface area (Å²) in [6, 6.07) is 18.4. The lowest BCUT2D eigenvalue weighted by Gasteiger charge is -2.26. The Morgan fingerprint density at radius 2 is 1.78 bits per heavy atom. The van der Waals surface area contributed by atoms with E-state index in [0.29, 0.717) is 5.56 Å². The van der Waals surface area contributed by atoms with E-state index in [0.717, 1.165) is 32.0 Å². The van der Waals surface area contributed by atoms with Crippen LogP contribution < -0.4 is 9.80 Å². The van der Waals surface area contributed by atoms with Crippen LogP contribution in [0.4, 0.5) is 11.4 Å². The van der Waals surface area contributed by atoms with Gasteiger partial charge in [0.1, 0.15) is 0 Å². The van der Waals surface area contributed by atoms with E-state index >= 15 is 0 Å². The summed E-state index contributed by atoms with van der Waals surface area (Å²) in [5, 5.41) is 8.91. The minimum atomic E-state index is 0. The topological polar surface area (TPSA) is 42.6 Å². The average molecular weight is 325 g/mol. The molecule has 0 radical (unpaired) electrons. The van der Waals surface area contributed by atoms with E-state index in [1.165, 1.54) is 16.9 Å². The van der Waals surface area contributed by atoms with Gasteiger partial charge in [-0.2, -0.15) is 5.26 Å². The van der Waals surface area contributed by atoms with Crippen molar-refractivity contribution in [3.05, 3.63) is 59.7 Å². The lowest BCUT2D eigenvalue weighted by atomic mass is 10.1. The van der Waals surface area contributed by atoms with Gasteiger partial charge in [0.2, 0.25) is 5.96 Å². The van der Waals surface area contributed by atoms with Gasteiger partial charge in [-0.15, -0.1) is 12.4 Å². The Morgan fingerprint density at radius 3 is 2.52 bits per heavy atom. The van der Waals surface area contributed by atoms with E-state index in [-0.39, 0.29) is 12.4 Å². The molecule has 2 heterocycles. The summed E-state index contributed by atoms with van der Waals surface area (Å²) in [7, 11) is 0. The monoisotopic (exact) mass is 324 g/mol. The molecule has 0 aliphatic carbocycles. The summed E-state index contributed by atoms with van der Waals surface area (Å²) in [6.45, 7) is 2.70. The maximum Gasteiger partial charge on any atom is 0.206 e. The Labute approximate surface area is 142 Å². The van der Waals surface area contributed by atoms with Crippen LogP contribution in [0.3, 0.4) is 0 Å². The lowest BCUT2D eigenvalue weighted by Crippen LogP contribution is -2.41. The van der Waals surface area contributed by atoms with Gasteiger partial charge in [0.15, 0.2) is 0 Å². The standard InChI is InChI=1S/C18H16N4.ClH/c19-12-14-6-8-15(9-7-14)13-22-17-5-2-1-4-16(17)21-11-3-10-20-18(21)22;/h1-2,4-9H,3,10-11,13H2;1H. The largest absolute Gasteiger partial charge is 0.310 e. The van der Waals surface area contributed by atoms with Gasteiger partial charge in [-0.3, -0.25) is 4.99 Å². The van der Waals surface area contributed by atoms with E-state index in [9.17, 15) is 0 Å². The molecule has 116 valence electrons. The van der Waals surface area contributed by atoms with E-state index in [1.54, 1.807) is 0 Å². The first kappa shape index (κ1) is 15.4. The fraction of sp³-hybridized carbons (Fsp3) is 0.222. The van der Waals surface area contributed by atoms with Gasteiger partial charge in [0, 0.05) is 13.1 Å². The molecule has 23 heavy (non-hydrogen) atoms. The summed E-state index contributed by atoms with van der Waals surface area (Å²) >= 11 is 0. The minimum absolute atomic E-state index is 0. The second kappa shape index (κ2) is 6.31. The zero-order valence-electron chi connectivity index (χ0n) is 12.6. The number of fused-ring (bicyclic) bond motifs is 3. The van der Waals surface area contributed by atoms with Crippen molar-refractivity contribution < 1.29 is 0 Å². The second-order valence-corrected chi connectivity index (χ2v) is 5.57. The van der Waals surface area contributed by atoms with E-state index < -0.39 is 0 Å². The Hall–Kier alpha value is -2.51. The molecule has 0 spiro atoms. The van der Waals surface area contributed by atoms with Gasteiger partial charge in [0.05, 0.1) is 29.6 Å². The minimum Gasteiger partial charge on any atom is -0.310 e. The predicted octanol–water partition coefficient (Wildman–Crippen LogP) is 3.57. The predicted molar refractivity (Wildman–Crippen MR) is 95.3 cm³/mol. The molecule has 0 atom stereocenters. The summed E-state index contributed by atoms with van der Waals surface area (Å²) in [5.41, 5.74) is 4.34. The summed E-state index contributed by atoms with van der Waals surface area (Å²) < 4.78 is 0. The molecule has 2 aromatic carbocycles. The molecule has 0 aromatic heterocycles. The molecule has 0 unspecified atom stereocenters. The molecule has 5 heteroatoms. The number of para-hydroxylation sites is 2. The molecule has 2 aliphatic rings. The Kier molecular flexibility index (Phi) is 4.22. The van der Waals surface area contributed by atoms with Crippen LogP contribution in [0.2, 0.25) is 0 Å². The number of hydrogen-bond acceptors (Lipinski definition) is 4. The highest BCUT2D eigenvalue weighted by atomic mass is 35.5. The average Bonchev–Trinajstić information content (AvgIpc) is 2.90. The van der Waals surface area contributed by atoms with Crippen molar-refractivity contribution in [2.45, 2.75) is 13.0 Å². The number of aliphatic imine (C=N–C) groups is 1. The van der Waals surface area contributed by atoms with Gasteiger partial charge in [-0.25, -0.2) is 0 Å². The van der Waals surface area contributed by atoms with Crippen LogP contribution in [0.25, 0.3) is 0 Å². The highest BCUT2D eigenvalue weighted by molar-refractivity contribution is 6.16. The first-order valence-electron chi connectivity index (χ1n) is 7.54. The van der Waals surface area contributed by atoms with Crippen molar-refractivity contribution >= 4 is 29.7 Å². The number of rotatable bonds is 2. The lowest BCUT2D eigenvalue weighted by molar-refractivity contribution is 0.784. The molecular weight excluding hydrogens is 308 g/mol. The van der Waals surface area contributed by atoms with Crippen molar-refractivity contribution in [2.75, 3.05) is 22.9 Å². The summed E-state index contributed by atoms with van der Waals surface area (Å²) in [4.78, 5) is 9.32. The van der Waals surface area contributed by atoms with Gasteiger partial charge in [0.25, 0.3) is 0 Å². The number of anilines is 2. The van der Waals surface area contributed by atoms with Crippen LogP contribution in [0.1, 0.15) is 17.5 Å². The molecule has 0 fully saturated rings. The van der Waals surface area contributed by atoms with Crippen LogP contribution in [0, 0.1) is 11.3 Å². The normalized spacial score (nSPS) is 15.2.